The summed E-state index contributed by atoms with van der Waals surface area (Å²) in [6.07, 6.45) is 1.74. The Bertz CT molecular complexity index is 1620. The van der Waals surface area contributed by atoms with Gasteiger partial charge in [-0.15, -0.1) is 0 Å². The zero-order valence-electron chi connectivity index (χ0n) is 23.9. The first kappa shape index (κ1) is 34.9. The zero-order chi connectivity index (χ0) is 31.7. The lowest BCUT2D eigenvalue weighted by atomic mass is 10.1. The molecule has 0 saturated heterocycles. The number of hydrogen-bond acceptors (Lipinski definition) is 7. The highest BCUT2D eigenvalue weighted by molar-refractivity contribution is 9.11. The summed E-state index contributed by atoms with van der Waals surface area (Å²) in [5, 5.41) is 11.9. The SMILES string of the molecule is CCOC(=O)CCc1c(C(=O)OCC)[nH]c2c(Br)c(Cl)ccc12.CCOC(=O)c1[nH]c2c(Br)c(Cl)ccc2c1CCCO. The third-order valence-corrected chi connectivity index (χ3v) is 9.11. The number of rotatable bonds is 11. The molecule has 0 bridgehead atoms. The van der Waals surface area contributed by atoms with Crippen LogP contribution in [0, 0.1) is 0 Å². The van der Waals surface area contributed by atoms with Crippen LogP contribution in [0.3, 0.4) is 0 Å². The van der Waals surface area contributed by atoms with Gasteiger partial charge in [-0.2, -0.15) is 0 Å². The second-order valence-electron chi connectivity index (χ2n) is 9.10. The van der Waals surface area contributed by atoms with E-state index in [-0.39, 0.29) is 31.6 Å². The van der Waals surface area contributed by atoms with Crippen LogP contribution in [-0.2, 0) is 31.8 Å². The van der Waals surface area contributed by atoms with E-state index in [1.54, 1.807) is 32.9 Å². The van der Waals surface area contributed by atoms with Crippen LogP contribution in [0.25, 0.3) is 21.8 Å². The van der Waals surface area contributed by atoms with Gasteiger partial charge in [0.15, 0.2) is 0 Å². The molecule has 9 nitrogen and oxygen atoms in total. The number of aliphatic hydroxyl groups excluding tert-OH is 1. The van der Waals surface area contributed by atoms with Gasteiger partial charge in [0.2, 0.25) is 0 Å². The first-order valence-corrected chi connectivity index (χ1v) is 16.0. The maximum absolute atomic E-state index is 12.2. The van der Waals surface area contributed by atoms with Crippen molar-refractivity contribution in [1.82, 2.24) is 9.97 Å². The number of aromatic nitrogens is 2. The molecule has 4 aromatic rings. The van der Waals surface area contributed by atoms with Gasteiger partial charge in [-0.05, 0) is 95.2 Å². The second kappa shape index (κ2) is 16.5. The summed E-state index contributed by atoms with van der Waals surface area (Å²) in [5.41, 5.74) is 3.83. The monoisotopic (exact) mass is 760 g/mol. The normalized spacial score (nSPS) is 10.9. The van der Waals surface area contributed by atoms with E-state index < -0.39 is 5.97 Å². The minimum absolute atomic E-state index is 0.0731. The Balaban J connectivity index is 0.000000238. The molecule has 43 heavy (non-hydrogen) atoms. The van der Waals surface area contributed by atoms with E-state index in [0.29, 0.717) is 63.9 Å². The van der Waals surface area contributed by atoms with E-state index >= 15 is 0 Å². The molecule has 0 aliphatic heterocycles. The van der Waals surface area contributed by atoms with Crippen molar-refractivity contribution >= 4 is 94.8 Å². The highest BCUT2D eigenvalue weighted by atomic mass is 79.9. The summed E-state index contributed by atoms with van der Waals surface area (Å²) in [6.45, 7) is 6.25. The quantitative estimate of drug-likeness (QED) is 0.105. The maximum atomic E-state index is 12.2. The average molecular weight is 763 g/mol. The van der Waals surface area contributed by atoms with Gasteiger partial charge in [-0.25, -0.2) is 9.59 Å². The third-order valence-electron chi connectivity index (χ3n) is 6.37. The van der Waals surface area contributed by atoms with Crippen molar-refractivity contribution in [3.8, 4) is 0 Å². The molecule has 3 N–H and O–H groups in total. The van der Waals surface area contributed by atoms with Crippen LogP contribution in [0.15, 0.2) is 33.2 Å². The number of carbonyl (C=O) groups excluding carboxylic acids is 3. The van der Waals surface area contributed by atoms with Crippen molar-refractivity contribution in [3.63, 3.8) is 0 Å². The molecule has 4 rings (SSSR count). The molecule has 232 valence electrons. The maximum Gasteiger partial charge on any atom is 0.355 e. The lowest BCUT2D eigenvalue weighted by molar-refractivity contribution is -0.143. The van der Waals surface area contributed by atoms with Gasteiger partial charge in [-0.3, -0.25) is 4.79 Å². The molecule has 2 aromatic heterocycles. The number of nitrogens with one attached hydrogen (secondary N) is 2. The minimum atomic E-state index is -0.453. The number of aromatic amines is 2. The van der Waals surface area contributed by atoms with E-state index in [9.17, 15) is 14.4 Å². The summed E-state index contributed by atoms with van der Waals surface area (Å²) in [5.74, 6) is -1.14. The molecule has 0 aliphatic rings. The van der Waals surface area contributed by atoms with E-state index in [2.05, 4.69) is 41.8 Å². The molecule has 0 amide bonds. The van der Waals surface area contributed by atoms with E-state index in [1.165, 1.54) is 0 Å². The molecule has 2 heterocycles. The van der Waals surface area contributed by atoms with Gasteiger partial charge in [0.25, 0.3) is 0 Å². The highest BCUT2D eigenvalue weighted by Gasteiger charge is 2.22. The van der Waals surface area contributed by atoms with E-state index in [0.717, 1.165) is 31.9 Å². The smallest absolute Gasteiger partial charge is 0.355 e. The fourth-order valence-electron chi connectivity index (χ4n) is 4.51. The third kappa shape index (κ3) is 8.33. The minimum Gasteiger partial charge on any atom is -0.466 e. The van der Waals surface area contributed by atoms with Crippen LogP contribution >= 0.6 is 55.1 Å². The molecule has 0 radical (unpaired) electrons. The number of fused-ring (bicyclic) bond motifs is 2. The Morgan fingerprint density at radius 1 is 0.744 bits per heavy atom. The predicted molar refractivity (Wildman–Crippen MR) is 174 cm³/mol. The Labute approximate surface area is 275 Å². The number of aliphatic hydroxyl groups is 1. The molecule has 13 heteroatoms. The van der Waals surface area contributed by atoms with Gasteiger partial charge in [0.1, 0.15) is 11.4 Å². The lowest BCUT2D eigenvalue weighted by Gasteiger charge is -2.05. The van der Waals surface area contributed by atoms with Crippen molar-refractivity contribution in [2.45, 2.75) is 46.5 Å². The molecule has 0 unspecified atom stereocenters. The van der Waals surface area contributed by atoms with Crippen LogP contribution in [0.1, 0.15) is 65.7 Å². The van der Waals surface area contributed by atoms with Gasteiger partial charge >= 0.3 is 17.9 Å². The Hall–Kier alpha value is -2.57. The largest absolute Gasteiger partial charge is 0.466 e. The Morgan fingerprint density at radius 3 is 1.60 bits per heavy atom. The van der Waals surface area contributed by atoms with Crippen LogP contribution in [-0.4, -0.2) is 59.4 Å². The summed E-state index contributed by atoms with van der Waals surface area (Å²) in [4.78, 5) is 42.0. The predicted octanol–water partition coefficient (Wildman–Crippen LogP) is 7.94. The van der Waals surface area contributed by atoms with Crippen LogP contribution in [0.4, 0.5) is 0 Å². The number of halogens is 4. The molecular formula is C30H32Br2Cl2N2O7. The standard InChI is InChI=1S/C16H17BrClNO4.C14H15BrClNO3/c1-3-22-12(20)8-6-10-9-5-7-11(18)13(17)14(9)19-15(10)16(21)23-4-2;1-2-20-14(19)13-8(4-3-7-18)9-5-6-10(16)11(15)12(9)17-13/h5,7,19H,3-4,6,8H2,1-2H3;5-6,17-18H,2-4,7H2,1H3. The number of aryl methyl sites for hydroxylation is 2. The molecule has 0 saturated carbocycles. The van der Waals surface area contributed by atoms with E-state index in [4.69, 9.17) is 42.5 Å². The second-order valence-corrected chi connectivity index (χ2v) is 11.5. The molecular weight excluding hydrogens is 731 g/mol. The van der Waals surface area contributed by atoms with Crippen molar-refractivity contribution in [3.05, 3.63) is 65.8 Å². The zero-order valence-corrected chi connectivity index (χ0v) is 28.6. The summed E-state index contributed by atoms with van der Waals surface area (Å²) < 4.78 is 16.5. The average Bonchev–Trinajstić information content (AvgIpc) is 3.55. The van der Waals surface area contributed by atoms with E-state index in [1.807, 2.05) is 12.1 Å². The molecule has 0 spiro atoms. The topological polar surface area (TPSA) is 131 Å². The first-order valence-electron chi connectivity index (χ1n) is 13.7. The van der Waals surface area contributed by atoms with Crippen molar-refractivity contribution in [2.75, 3.05) is 26.4 Å². The van der Waals surface area contributed by atoms with Gasteiger partial charge in [0.05, 0.1) is 49.8 Å². The number of hydrogen-bond donors (Lipinski definition) is 3. The fourth-order valence-corrected chi connectivity index (χ4v) is 5.71. The van der Waals surface area contributed by atoms with Crippen molar-refractivity contribution in [2.24, 2.45) is 0 Å². The molecule has 0 aliphatic carbocycles. The van der Waals surface area contributed by atoms with Gasteiger partial charge in [-0.1, -0.05) is 35.3 Å². The lowest BCUT2D eigenvalue weighted by Crippen LogP contribution is -2.10. The summed E-state index contributed by atoms with van der Waals surface area (Å²) >= 11 is 19.0. The van der Waals surface area contributed by atoms with Crippen LogP contribution in [0.2, 0.25) is 10.0 Å². The number of ether oxygens (including phenoxy) is 3. The first-order chi connectivity index (χ1) is 20.6. The molecule has 0 fully saturated rings. The van der Waals surface area contributed by atoms with Crippen LogP contribution in [0.5, 0.6) is 0 Å². The van der Waals surface area contributed by atoms with Crippen molar-refractivity contribution < 1.29 is 33.7 Å². The Morgan fingerprint density at radius 2 is 1.19 bits per heavy atom. The van der Waals surface area contributed by atoms with Gasteiger partial charge in [0, 0.05) is 23.8 Å². The number of carbonyl (C=O) groups is 3. The number of benzene rings is 2. The number of H-pyrrole nitrogens is 2. The highest BCUT2D eigenvalue weighted by Crippen LogP contribution is 2.36. The number of esters is 3. The Kier molecular flexibility index (Phi) is 13.4. The van der Waals surface area contributed by atoms with Crippen molar-refractivity contribution in [1.29, 1.82) is 0 Å². The molecule has 0 atom stereocenters. The summed E-state index contributed by atoms with van der Waals surface area (Å²) in [7, 11) is 0. The van der Waals surface area contributed by atoms with Gasteiger partial charge < -0.3 is 29.3 Å². The summed E-state index contributed by atoms with van der Waals surface area (Å²) in [6, 6.07) is 7.21. The van der Waals surface area contributed by atoms with Crippen LogP contribution < -0.4 is 0 Å². The fraction of sp³-hybridized carbons (Fsp3) is 0.367. The molecule has 2 aromatic carbocycles.